The van der Waals surface area contributed by atoms with Gasteiger partial charge in [-0.05, 0) is 45.5 Å². The molecule has 3 heterocycles. The first-order valence-corrected chi connectivity index (χ1v) is 26.5. The molecule has 8 aromatic rings. The van der Waals surface area contributed by atoms with E-state index in [-0.39, 0.29) is 22.9 Å². The van der Waals surface area contributed by atoms with Gasteiger partial charge in [0.05, 0.1) is 7.11 Å². The van der Waals surface area contributed by atoms with Gasteiger partial charge in [0.15, 0.2) is 16.9 Å². The summed E-state index contributed by atoms with van der Waals surface area (Å²) in [5.41, 5.74) is 2.13. The number of hydrogen-bond acceptors (Lipinski definition) is 12. The highest BCUT2D eigenvalue weighted by molar-refractivity contribution is 8.00. The molecule has 380 valence electrons. The maximum absolute atomic E-state index is 15.2. The highest BCUT2D eigenvalue weighted by Gasteiger charge is 2.55. The summed E-state index contributed by atoms with van der Waals surface area (Å²) >= 11 is 2.56. The third-order valence-corrected chi connectivity index (χ3v) is 15.3. The number of nitrogens with one attached hydrogen (secondary N) is 2. The molecule has 2 aliphatic heterocycles. The van der Waals surface area contributed by atoms with Gasteiger partial charge in [0.1, 0.15) is 28.3 Å². The van der Waals surface area contributed by atoms with Crippen LogP contribution >= 0.6 is 23.1 Å². The van der Waals surface area contributed by atoms with Gasteiger partial charge >= 0.3 is 11.9 Å². The smallest absolute Gasteiger partial charge is 0.362 e. The Morgan fingerprint density at radius 2 is 1.18 bits per heavy atom. The van der Waals surface area contributed by atoms with E-state index in [0.717, 1.165) is 27.8 Å². The van der Waals surface area contributed by atoms with Crippen molar-refractivity contribution in [2.75, 3.05) is 18.2 Å². The first-order chi connectivity index (χ1) is 37.8. The van der Waals surface area contributed by atoms with Gasteiger partial charge in [-0.25, -0.2) is 14.6 Å². The van der Waals surface area contributed by atoms with E-state index >= 15 is 4.79 Å². The van der Waals surface area contributed by atoms with Crippen molar-refractivity contribution in [3.8, 4) is 12.3 Å². The second-order valence-corrected chi connectivity index (χ2v) is 19.8. The minimum absolute atomic E-state index is 0.00682. The monoisotopic (exact) mass is 1050 g/mol. The zero-order valence-corrected chi connectivity index (χ0v) is 43.1. The molecule has 7 aromatic carbocycles. The van der Waals surface area contributed by atoms with Gasteiger partial charge in [-0.3, -0.25) is 14.5 Å². The van der Waals surface area contributed by atoms with Gasteiger partial charge in [-0.15, -0.1) is 29.5 Å². The number of amides is 2. The first kappa shape index (κ1) is 51.2. The van der Waals surface area contributed by atoms with Crippen molar-refractivity contribution in [2.45, 2.75) is 28.7 Å². The van der Waals surface area contributed by atoms with Gasteiger partial charge in [0.25, 0.3) is 17.4 Å². The molecule has 2 aliphatic rings. The molecule has 0 aliphatic carbocycles. The molecular formula is C63H49N5O7S2. The first-order valence-electron chi connectivity index (χ1n) is 24.6. The zero-order valence-electron chi connectivity index (χ0n) is 41.5. The number of thioether (sulfide) groups is 1. The van der Waals surface area contributed by atoms with Crippen molar-refractivity contribution in [3.63, 3.8) is 0 Å². The van der Waals surface area contributed by atoms with Crippen LogP contribution in [0, 0.1) is 12.3 Å². The molecule has 10 rings (SSSR count). The molecule has 77 heavy (non-hydrogen) atoms. The van der Waals surface area contributed by atoms with Gasteiger partial charge < -0.3 is 24.9 Å². The molecule has 2 atom stereocenters. The fourth-order valence-electron chi connectivity index (χ4n) is 9.60. The minimum Gasteiger partial charge on any atom is -0.465 e. The summed E-state index contributed by atoms with van der Waals surface area (Å²) in [4.78, 5) is 71.7. The lowest BCUT2D eigenvalue weighted by atomic mass is 9.77. The Hall–Kier alpha value is -9.29. The molecule has 12 nitrogen and oxygen atoms in total. The Morgan fingerprint density at radius 3 is 1.65 bits per heavy atom. The van der Waals surface area contributed by atoms with Crippen LogP contribution in [0.5, 0.6) is 0 Å². The number of oxime groups is 1. The predicted octanol–water partition coefficient (Wildman–Crippen LogP) is 10.6. The maximum Gasteiger partial charge on any atom is 0.362 e. The lowest BCUT2D eigenvalue weighted by Gasteiger charge is -2.49. The van der Waals surface area contributed by atoms with Crippen LogP contribution in [0.4, 0.5) is 5.13 Å². The van der Waals surface area contributed by atoms with Crippen LogP contribution in [-0.2, 0) is 44.6 Å². The predicted molar refractivity (Wildman–Crippen MR) is 299 cm³/mol. The van der Waals surface area contributed by atoms with Crippen LogP contribution in [-0.4, -0.2) is 63.6 Å². The molecule has 0 spiro atoms. The number of allylic oxidation sites excluding steroid dienone is 2. The van der Waals surface area contributed by atoms with Gasteiger partial charge in [-0.2, -0.15) is 0 Å². The highest BCUT2D eigenvalue weighted by Crippen LogP contribution is 2.44. The summed E-state index contributed by atoms with van der Waals surface area (Å²) < 4.78 is 11.8. The zero-order chi connectivity index (χ0) is 53.2. The normalized spacial score (nSPS) is 15.5. The number of aromatic nitrogens is 1. The number of β-lactam (4-membered cyclic amide) rings is 1. The van der Waals surface area contributed by atoms with E-state index in [9.17, 15) is 14.4 Å². The number of benzene rings is 7. The van der Waals surface area contributed by atoms with E-state index < -0.39 is 52.4 Å². The van der Waals surface area contributed by atoms with Crippen LogP contribution < -0.4 is 10.6 Å². The molecule has 1 aromatic heterocycles. The van der Waals surface area contributed by atoms with Crippen molar-refractivity contribution in [1.82, 2.24) is 15.2 Å². The third-order valence-electron chi connectivity index (χ3n) is 13.3. The number of rotatable bonds is 18. The average Bonchev–Trinajstić information content (AvgIpc) is 4.06. The van der Waals surface area contributed by atoms with Crippen LogP contribution in [0.3, 0.4) is 0 Å². The second kappa shape index (κ2) is 23.1. The number of terminal acetylenes is 1. The van der Waals surface area contributed by atoms with Crippen molar-refractivity contribution in [3.05, 3.63) is 286 Å². The second-order valence-electron chi connectivity index (χ2n) is 17.8. The molecule has 2 amide bonds. The van der Waals surface area contributed by atoms with E-state index in [0.29, 0.717) is 21.8 Å². The number of ether oxygens (including phenoxy) is 2. The number of hydrogen-bond donors (Lipinski definition) is 2. The molecular weight excluding hydrogens is 1000 g/mol. The molecule has 1 saturated heterocycles. The summed E-state index contributed by atoms with van der Waals surface area (Å²) in [6.07, 6.45) is 7.91. The molecule has 0 bridgehead atoms. The molecule has 1 fully saturated rings. The Morgan fingerprint density at radius 1 is 0.714 bits per heavy atom. The van der Waals surface area contributed by atoms with Crippen LogP contribution in [0.25, 0.3) is 0 Å². The Bertz CT molecular complexity index is 3340. The number of carbonyl (C=O) groups excluding carboxylic acids is 4. The van der Waals surface area contributed by atoms with Crippen molar-refractivity contribution >= 4 is 57.7 Å². The van der Waals surface area contributed by atoms with Crippen LogP contribution in [0.1, 0.15) is 50.7 Å². The van der Waals surface area contributed by atoms with E-state index in [1.165, 1.54) is 41.2 Å². The van der Waals surface area contributed by atoms with Crippen molar-refractivity contribution in [2.24, 2.45) is 5.16 Å². The number of carbonyl (C=O) groups is 4. The topological polar surface area (TPSA) is 149 Å². The summed E-state index contributed by atoms with van der Waals surface area (Å²) in [6, 6.07) is 64.8. The summed E-state index contributed by atoms with van der Waals surface area (Å²) in [5, 5.41) is 12.5. The third kappa shape index (κ3) is 10.2. The number of esters is 2. The minimum atomic E-state index is -2.02. The number of fused-ring (bicyclic) bond motifs is 1. The maximum atomic E-state index is 15.2. The van der Waals surface area contributed by atoms with Crippen LogP contribution in [0.2, 0.25) is 0 Å². The van der Waals surface area contributed by atoms with E-state index in [4.69, 9.17) is 25.7 Å². The molecule has 0 radical (unpaired) electrons. The van der Waals surface area contributed by atoms with Crippen molar-refractivity contribution in [1.29, 1.82) is 0 Å². The van der Waals surface area contributed by atoms with E-state index in [2.05, 4.69) is 21.7 Å². The summed E-state index contributed by atoms with van der Waals surface area (Å²) in [7, 11) is 1.24. The number of thiazole rings is 1. The lowest BCUT2D eigenvalue weighted by molar-refractivity contribution is -0.165. The van der Waals surface area contributed by atoms with E-state index in [1.54, 1.807) is 72.1 Å². The molecule has 0 unspecified atom stereocenters. The number of methoxy groups -OCH3 is 1. The fourth-order valence-corrected chi connectivity index (χ4v) is 11.7. The van der Waals surface area contributed by atoms with Gasteiger partial charge in [-0.1, -0.05) is 223 Å². The molecule has 2 N–H and O–H groups in total. The standard InChI is InChI=1S/C63H49N5O7S2/c1-3-4-26-45-41-76-58-53(57(70)68(58)54(45)59(71)74-55(43-27-12-5-13-28-43)44-29-14-6-15-30-44)65-56(69)52(67-75-63(60(72)73-2,49-37-22-10-23-38-49)50-39-24-11-25-40-50)51-42-77-61(64-51)66-62(46-31-16-7-17-32-46,47-33-18-8-19-34-47)48-35-20-9-21-36-48/h1,4-40,42,53,55,58H,41H2,2H3,(H,64,66)(H,65,69)/t53-,58-/m1/s1. The quantitative estimate of drug-likeness (QED) is 0.0212. The van der Waals surface area contributed by atoms with Gasteiger partial charge in [0.2, 0.25) is 0 Å². The Labute approximate surface area is 454 Å². The lowest BCUT2D eigenvalue weighted by Crippen LogP contribution is -2.71. The fraction of sp³-hybridized carbons (Fsp3) is 0.111. The summed E-state index contributed by atoms with van der Waals surface area (Å²) in [5.74, 6) is -0.270. The van der Waals surface area contributed by atoms with E-state index in [1.807, 2.05) is 152 Å². The average molecular weight is 1050 g/mol. The van der Waals surface area contributed by atoms with Crippen molar-refractivity contribution < 1.29 is 33.5 Å². The van der Waals surface area contributed by atoms with Crippen LogP contribution in [0.15, 0.2) is 246 Å². The molecule has 14 heteroatoms. The SMILES string of the molecule is C#CC=CC1=C(C(=O)OC(c2ccccc2)c2ccccc2)N2C(=O)[C@@H](NC(=O)C(=NOC(C(=O)OC)(c3ccccc3)c3ccccc3)c3csc(NC(c4ccccc4)(c4ccccc4)c4ccccc4)n3)[C@H]2SC1. The number of nitrogens with zero attached hydrogens (tertiary/aromatic N) is 3. The Balaban J connectivity index is 1.04. The number of anilines is 1. The Kier molecular flexibility index (Phi) is 15.4. The summed E-state index contributed by atoms with van der Waals surface area (Å²) in [6.45, 7) is 0. The highest BCUT2D eigenvalue weighted by atomic mass is 32.2. The van der Waals surface area contributed by atoms with Gasteiger partial charge in [0, 0.05) is 22.3 Å². The largest absolute Gasteiger partial charge is 0.465 e. The molecule has 0 saturated carbocycles.